The van der Waals surface area contributed by atoms with Crippen LogP contribution in [0.3, 0.4) is 0 Å². The van der Waals surface area contributed by atoms with Gasteiger partial charge in [-0.3, -0.25) is 0 Å². The van der Waals surface area contributed by atoms with Crippen molar-refractivity contribution in [3.63, 3.8) is 0 Å². The summed E-state index contributed by atoms with van der Waals surface area (Å²) in [6.45, 7) is 5.41. The van der Waals surface area contributed by atoms with Crippen molar-refractivity contribution in [2.75, 3.05) is 14.2 Å². The lowest BCUT2D eigenvalue weighted by atomic mass is 9.87. The van der Waals surface area contributed by atoms with Gasteiger partial charge in [-0.05, 0) is 42.3 Å². The van der Waals surface area contributed by atoms with E-state index in [0.29, 0.717) is 55.1 Å². The molecule has 3 aromatic carbocycles. The van der Waals surface area contributed by atoms with Gasteiger partial charge in [0.1, 0.15) is 41.5 Å². The molecule has 3 N–H and O–H groups in total. The molecule has 4 aromatic rings. The summed E-state index contributed by atoms with van der Waals surface area (Å²) in [5.74, 6) is 0.928. The lowest BCUT2D eigenvalue weighted by molar-refractivity contribution is -0.219. The highest BCUT2D eigenvalue weighted by Gasteiger charge is 2.43. The van der Waals surface area contributed by atoms with Crippen molar-refractivity contribution in [2.45, 2.75) is 37.4 Å². The van der Waals surface area contributed by atoms with Gasteiger partial charge in [0.15, 0.2) is 0 Å². The summed E-state index contributed by atoms with van der Waals surface area (Å²) in [6, 6.07) is 10.5. The average Bonchev–Trinajstić information content (AvgIpc) is 2.88. The molecule has 8 heteroatoms. The summed E-state index contributed by atoms with van der Waals surface area (Å²) in [6.07, 6.45) is -4.20. The number of aliphatic hydroxyl groups is 3. The van der Waals surface area contributed by atoms with Gasteiger partial charge in [-0.1, -0.05) is 24.8 Å². The molecule has 35 heavy (non-hydrogen) atoms. The van der Waals surface area contributed by atoms with E-state index in [-0.39, 0.29) is 0 Å². The molecule has 182 valence electrons. The molecule has 8 nitrogen and oxygen atoms in total. The van der Waals surface area contributed by atoms with Crippen molar-refractivity contribution in [2.24, 2.45) is 0 Å². The van der Waals surface area contributed by atoms with Gasteiger partial charge in [-0.15, -0.1) is 0 Å². The van der Waals surface area contributed by atoms with Crippen LogP contribution >= 0.6 is 0 Å². The number of fused-ring (bicyclic) bond motifs is 5. The molecule has 0 aliphatic carbocycles. The summed E-state index contributed by atoms with van der Waals surface area (Å²) in [5.41, 5.74) is 0.997. The van der Waals surface area contributed by atoms with Crippen molar-refractivity contribution in [1.29, 1.82) is 0 Å². The second kappa shape index (κ2) is 8.66. The summed E-state index contributed by atoms with van der Waals surface area (Å²) in [4.78, 5) is 13.1. The Morgan fingerprint density at radius 2 is 1.66 bits per heavy atom. The molecule has 0 bridgehead atoms. The molecule has 1 aliphatic rings. The van der Waals surface area contributed by atoms with E-state index in [4.69, 9.17) is 18.6 Å². The Labute approximate surface area is 200 Å². The lowest BCUT2D eigenvalue weighted by Crippen LogP contribution is -2.53. The Hall–Kier alpha value is -3.43. The molecule has 0 saturated carbocycles. The Balaban J connectivity index is 1.96. The first-order valence-electron chi connectivity index (χ1n) is 11.2. The number of benzene rings is 3. The van der Waals surface area contributed by atoms with E-state index in [0.717, 1.165) is 0 Å². The second-order valence-electron chi connectivity index (χ2n) is 8.70. The lowest BCUT2D eigenvalue weighted by Gasteiger charge is -2.40. The largest absolute Gasteiger partial charge is 0.496 e. The molecule has 1 saturated heterocycles. The van der Waals surface area contributed by atoms with Gasteiger partial charge in [-0.25, -0.2) is 4.79 Å². The summed E-state index contributed by atoms with van der Waals surface area (Å²) in [5, 5.41) is 34.2. The molecule has 2 heterocycles. The van der Waals surface area contributed by atoms with Gasteiger partial charge >= 0.3 is 5.63 Å². The highest BCUT2D eigenvalue weighted by Crippen LogP contribution is 2.44. The fraction of sp³-hybridized carbons (Fsp3) is 0.296. The van der Waals surface area contributed by atoms with Crippen molar-refractivity contribution >= 4 is 38.6 Å². The van der Waals surface area contributed by atoms with E-state index < -0.39 is 36.1 Å². The van der Waals surface area contributed by atoms with Gasteiger partial charge in [-0.2, -0.15) is 0 Å². The van der Waals surface area contributed by atoms with Crippen LogP contribution in [0.4, 0.5) is 0 Å². The van der Waals surface area contributed by atoms with Crippen LogP contribution in [0.1, 0.15) is 24.2 Å². The Bertz CT molecular complexity index is 1520. The predicted molar refractivity (Wildman–Crippen MR) is 132 cm³/mol. The number of methoxy groups -OCH3 is 2. The maximum absolute atomic E-state index is 13.1. The van der Waals surface area contributed by atoms with Crippen LogP contribution in [0, 0.1) is 0 Å². The molecule has 5 rings (SSSR count). The monoisotopic (exact) mass is 478 g/mol. The maximum atomic E-state index is 13.1. The van der Waals surface area contributed by atoms with E-state index in [1.54, 1.807) is 49.4 Å². The van der Waals surface area contributed by atoms with Crippen LogP contribution in [0.2, 0.25) is 0 Å². The van der Waals surface area contributed by atoms with Crippen LogP contribution in [-0.2, 0) is 4.74 Å². The minimum Gasteiger partial charge on any atom is -0.496 e. The normalized spacial score (nSPS) is 24.7. The third-order valence-corrected chi connectivity index (χ3v) is 6.75. The topological polar surface area (TPSA) is 119 Å². The Kier molecular flexibility index (Phi) is 5.77. The Morgan fingerprint density at radius 3 is 2.34 bits per heavy atom. The minimum absolute atomic E-state index is 0.314. The predicted octanol–water partition coefficient (Wildman–Crippen LogP) is 3.30. The SMILES string of the molecule is C=Cc1cc(OC)c2c(c1)c(=O)oc1c3cccc(OC)c3c([C@@H]3O[C@@H](C)[C@H](O)[C@@H](O)[C@H]3O)cc12. The van der Waals surface area contributed by atoms with Crippen molar-refractivity contribution in [3.8, 4) is 11.5 Å². The Morgan fingerprint density at radius 1 is 0.914 bits per heavy atom. The zero-order valence-electron chi connectivity index (χ0n) is 19.5. The van der Waals surface area contributed by atoms with Gasteiger partial charge in [0, 0.05) is 21.5 Å². The van der Waals surface area contributed by atoms with Crippen LogP contribution in [0.25, 0.3) is 38.6 Å². The molecule has 1 aliphatic heterocycles. The van der Waals surface area contributed by atoms with Crippen molar-refractivity contribution in [1.82, 2.24) is 0 Å². The fourth-order valence-corrected chi connectivity index (χ4v) is 4.96. The number of hydrogen-bond acceptors (Lipinski definition) is 8. The summed E-state index contributed by atoms with van der Waals surface area (Å²) in [7, 11) is 3.03. The third-order valence-electron chi connectivity index (χ3n) is 6.75. The number of hydrogen-bond donors (Lipinski definition) is 3. The van der Waals surface area contributed by atoms with E-state index in [1.165, 1.54) is 14.2 Å². The van der Waals surface area contributed by atoms with Crippen LogP contribution in [0.15, 0.2) is 52.2 Å². The van der Waals surface area contributed by atoms with Crippen molar-refractivity contribution in [3.05, 3.63) is 64.5 Å². The average molecular weight is 478 g/mol. The smallest absolute Gasteiger partial charge is 0.344 e. The van der Waals surface area contributed by atoms with Crippen LogP contribution in [0.5, 0.6) is 11.5 Å². The van der Waals surface area contributed by atoms with E-state index in [9.17, 15) is 20.1 Å². The van der Waals surface area contributed by atoms with Gasteiger partial charge in [0.2, 0.25) is 0 Å². The summed E-state index contributed by atoms with van der Waals surface area (Å²) >= 11 is 0. The maximum Gasteiger partial charge on any atom is 0.344 e. The number of rotatable bonds is 4. The zero-order valence-corrected chi connectivity index (χ0v) is 19.5. The van der Waals surface area contributed by atoms with Gasteiger partial charge in [0.25, 0.3) is 0 Å². The highest BCUT2D eigenvalue weighted by atomic mass is 16.5. The zero-order chi connectivity index (χ0) is 25.0. The first kappa shape index (κ1) is 23.3. The second-order valence-corrected chi connectivity index (χ2v) is 8.70. The molecule has 0 spiro atoms. The molecule has 1 aromatic heterocycles. The summed E-state index contributed by atoms with van der Waals surface area (Å²) < 4.78 is 23.1. The van der Waals surface area contributed by atoms with E-state index in [1.807, 2.05) is 0 Å². The van der Waals surface area contributed by atoms with Crippen LogP contribution < -0.4 is 15.1 Å². The molecule has 0 unspecified atom stereocenters. The minimum atomic E-state index is -1.42. The van der Waals surface area contributed by atoms with Crippen LogP contribution in [-0.4, -0.2) is 54.0 Å². The van der Waals surface area contributed by atoms with E-state index >= 15 is 0 Å². The quantitative estimate of drug-likeness (QED) is 0.302. The molecule has 0 amide bonds. The number of ether oxygens (including phenoxy) is 3. The van der Waals surface area contributed by atoms with Gasteiger partial charge < -0.3 is 33.9 Å². The molecule has 1 fully saturated rings. The van der Waals surface area contributed by atoms with E-state index in [2.05, 4.69) is 6.58 Å². The highest BCUT2D eigenvalue weighted by molar-refractivity contribution is 6.18. The third kappa shape index (κ3) is 3.49. The first-order valence-corrected chi connectivity index (χ1v) is 11.2. The molecular formula is C27H26O8. The van der Waals surface area contributed by atoms with Gasteiger partial charge in [0.05, 0.1) is 25.7 Å². The van der Waals surface area contributed by atoms with Crippen molar-refractivity contribution < 1.29 is 33.9 Å². The standard InChI is InChI=1S/C27H26O8/c1-5-13-9-17-21(19(10-13)33-4)15-11-16(26-24(30)23(29)22(28)12(2)34-26)20-14(25(15)35-27(17)31)7-6-8-18(20)32-3/h5-12,22-24,26,28-30H,1H2,2-4H3/t12-,22-,23+,24+,26-/m0/s1. The fourth-order valence-electron chi connectivity index (χ4n) is 4.96. The molecular weight excluding hydrogens is 452 g/mol. The molecule has 5 atom stereocenters. The molecule has 0 radical (unpaired) electrons. The number of aliphatic hydroxyl groups excluding tert-OH is 3. The first-order chi connectivity index (χ1) is 16.8.